The maximum atomic E-state index is 2.51. The van der Waals surface area contributed by atoms with E-state index in [0.29, 0.717) is 11.8 Å². The van der Waals surface area contributed by atoms with E-state index in [4.69, 9.17) is 0 Å². The molecule has 162 valence electrons. The molecular formula is C32H29N. The number of fused-ring (bicyclic) bond motifs is 7. The van der Waals surface area contributed by atoms with Gasteiger partial charge < -0.3 is 4.90 Å². The molecule has 2 unspecified atom stereocenters. The number of allylic oxidation sites excluding steroid dienone is 9. The molecule has 1 heteroatoms. The molecule has 3 aromatic rings. The van der Waals surface area contributed by atoms with E-state index in [9.17, 15) is 0 Å². The van der Waals surface area contributed by atoms with Gasteiger partial charge in [0.15, 0.2) is 0 Å². The number of para-hydroxylation sites is 1. The average Bonchev–Trinajstić information content (AvgIpc) is 3.59. The summed E-state index contributed by atoms with van der Waals surface area (Å²) < 4.78 is 0. The summed E-state index contributed by atoms with van der Waals surface area (Å²) in [7, 11) is 0. The molecule has 3 aromatic carbocycles. The molecule has 0 aromatic heterocycles. The van der Waals surface area contributed by atoms with Crippen LogP contribution in [-0.4, -0.2) is 0 Å². The van der Waals surface area contributed by atoms with Crippen molar-refractivity contribution in [2.75, 3.05) is 4.90 Å². The van der Waals surface area contributed by atoms with Crippen LogP contribution in [0.1, 0.15) is 25.0 Å². The first kappa shape index (κ1) is 20.1. The molecule has 1 saturated carbocycles. The Morgan fingerprint density at radius 2 is 1.52 bits per heavy atom. The molecule has 1 heterocycles. The summed E-state index contributed by atoms with van der Waals surface area (Å²) in [4.78, 5) is 2.51. The van der Waals surface area contributed by atoms with Crippen molar-refractivity contribution in [1.29, 1.82) is 0 Å². The van der Waals surface area contributed by atoms with E-state index in [1.54, 1.807) is 0 Å². The summed E-state index contributed by atoms with van der Waals surface area (Å²) in [6, 6.07) is 22.2. The Morgan fingerprint density at radius 1 is 0.758 bits per heavy atom. The van der Waals surface area contributed by atoms with Crippen LogP contribution in [0.3, 0.4) is 0 Å². The van der Waals surface area contributed by atoms with Gasteiger partial charge in [0.05, 0.1) is 5.69 Å². The highest BCUT2D eigenvalue weighted by Gasteiger charge is 2.59. The number of anilines is 2. The zero-order valence-corrected chi connectivity index (χ0v) is 19.3. The lowest BCUT2D eigenvalue weighted by Crippen LogP contribution is -2.23. The summed E-state index contributed by atoms with van der Waals surface area (Å²) in [5.74, 6) is 1.09. The Balaban J connectivity index is 0.00000101. The summed E-state index contributed by atoms with van der Waals surface area (Å²) in [6.45, 7) is 4.00. The fourth-order valence-corrected chi connectivity index (χ4v) is 5.86. The molecule has 0 saturated heterocycles. The minimum atomic E-state index is 0.138. The van der Waals surface area contributed by atoms with Crippen molar-refractivity contribution in [3.05, 3.63) is 132 Å². The first-order chi connectivity index (χ1) is 16.4. The van der Waals surface area contributed by atoms with Crippen LogP contribution < -0.4 is 4.90 Å². The molecule has 0 bridgehead atoms. The van der Waals surface area contributed by atoms with Crippen molar-refractivity contribution in [3.8, 4) is 0 Å². The van der Waals surface area contributed by atoms with E-state index in [-0.39, 0.29) is 5.41 Å². The van der Waals surface area contributed by atoms with Crippen LogP contribution >= 0.6 is 0 Å². The molecule has 7 rings (SSSR count). The van der Waals surface area contributed by atoms with E-state index in [1.165, 1.54) is 39.0 Å². The fraction of sp³-hybridized carbons (Fsp3) is 0.188. The molecule has 2 atom stereocenters. The fourth-order valence-electron chi connectivity index (χ4n) is 5.86. The number of nitrogens with zero attached hydrogens (tertiary/aromatic N) is 1. The second-order valence-electron chi connectivity index (χ2n) is 9.04. The predicted molar refractivity (Wildman–Crippen MR) is 141 cm³/mol. The SMILES string of the molecule is C1=CC=CC2(C=C1)C1C=CC(N3c4ccccc4Cc4ccc5ccccc5c43)=CC12.CC. The number of benzene rings is 3. The Hall–Kier alpha value is -3.58. The molecular weight excluding hydrogens is 398 g/mol. The van der Waals surface area contributed by atoms with E-state index >= 15 is 0 Å². The monoisotopic (exact) mass is 427 g/mol. The van der Waals surface area contributed by atoms with Gasteiger partial charge in [-0.25, -0.2) is 0 Å². The van der Waals surface area contributed by atoms with Gasteiger partial charge in [0.2, 0.25) is 0 Å². The van der Waals surface area contributed by atoms with Crippen molar-refractivity contribution in [1.82, 2.24) is 0 Å². The largest absolute Gasteiger partial charge is 0.310 e. The molecule has 3 aliphatic carbocycles. The molecule has 4 aliphatic rings. The van der Waals surface area contributed by atoms with Crippen molar-refractivity contribution in [2.24, 2.45) is 17.3 Å². The number of hydrogen-bond donors (Lipinski definition) is 0. The minimum absolute atomic E-state index is 0.138. The standard InChI is InChI=1S/C30H23N.C2H6/c1-2-8-18-30(17-7-1)26-16-15-24(20-27(26)30)31-28-12-6-4-10-22(28)19-23-14-13-21-9-3-5-11-25(21)29(23)31;1-2/h1-18,20,26-27H,19H2;1-2H3. The topological polar surface area (TPSA) is 3.24 Å². The molecule has 1 fully saturated rings. The van der Waals surface area contributed by atoms with Crippen LogP contribution in [0.25, 0.3) is 10.8 Å². The summed E-state index contributed by atoms with van der Waals surface area (Å²) in [5, 5.41) is 2.63. The first-order valence-corrected chi connectivity index (χ1v) is 12.2. The first-order valence-electron chi connectivity index (χ1n) is 12.2. The van der Waals surface area contributed by atoms with Crippen molar-refractivity contribution < 1.29 is 0 Å². The van der Waals surface area contributed by atoms with Gasteiger partial charge in [-0.2, -0.15) is 0 Å². The summed E-state index contributed by atoms with van der Waals surface area (Å²) in [5.41, 5.74) is 6.88. The molecule has 0 N–H and O–H groups in total. The Labute approximate surface area is 196 Å². The van der Waals surface area contributed by atoms with Gasteiger partial charge in [0, 0.05) is 28.6 Å². The lowest BCUT2D eigenvalue weighted by atomic mass is 9.91. The molecule has 33 heavy (non-hydrogen) atoms. The van der Waals surface area contributed by atoms with Gasteiger partial charge in [-0.1, -0.05) is 117 Å². The second-order valence-corrected chi connectivity index (χ2v) is 9.04. The molecule has 1 spiro atoms. The van der Waals surface area contributed by atoms with Gasteiger partial charge >= 0.3 is 0 Å². The smallest absolute Gasteiger partial charge is 0.0575 e. The van der Waals surface area contributed by atoms with Crippen molar-refractivity contribution in [3.63, 3.8) is 0 Å². The summed E-state index contributed by atoms with van der Waals surface area (Å²) in [6.07, 6.45) is 21.7. The van der Waals surface area contributed by atoms with Crippen LogP contribution in [-0.2, 0) is 6.42 Å². The van der Waals surface area contributed by atoms with Crippen LogP contribution in [0.15, 0.2) is 121 Å². The second kappa shape index (κ2) is 7.78. The third-order valence-electron chi connectivity index (χ3n) is 7.44. The van der Waals surface area contributed by atoms with E-state index < -0.39 is 0 Å². The Bertz CT molecular complexity index is 1360. The number of rotatable bonds is 1. The van der Waals surface area contributed by atoms with Gasteiger partial charge in [0.1, 0.15) is 0 Å². The lowest BCUT2D eigenvalue weighted by Gasteiger charge is -2.35. The molecule has 0 amide bonds. The molecule has 1 aliphatic heterocycles. The number of hydrogen-bond acceptors (Lipinski definition) is 1. The van der Waals surface area contributed by atoms with Crippen LogP contribution in [0.2, 0.25) is 0 Å². The summed E-state index contributed by atoms with van der Waals surface area (Å²) >= 11 is 0. The van der Waals surface area contributed by atoms with E-state index in [1.807, 2.05) is 13.8 Å². The zero-order valence-electron chi connectivity index (χ0n) is 19.3. The normalized spacial score (nSPS) is 22.6. The Morgan fingerprint density at radius 3 is 2.36 bits per heavy atom. The van der Waals surface area contributed by atoms with Gasteiger partial charge in [-0.3, -0.25) is 0 Å². The van der Waals surface area contributed by atoms with Crippen molar-refractivity contribution in [2.45, 2.75) is 20.3 Å². The van der Waals surface area contributed by atoms with Gasteiger partial charge in [-0.05, 0) is 40.5 Å². The van der Waals surface area contributed by atoms with Crippen LogP contribution in [0.4, 0.5) is 11.4 Å². The average molecular weight is 428 g/mol. The van der Waals surface area contributed by atoms with E-state index in [2.05, 4.69) is 120 Å². The van der Waals surface area contributed by atoms with Crippen LogP contribution in [0, 0.1) is 17.3 Å². The quantitative estimate of drug-likeness (QED) is 0.378. The lowest BCUT2D eigenvalue weighted by molar-refractivity contribution is 0.769. The molecule has 1 nitrogen and oxygen atoms in total. The van der Waals surface area contributed by atoms with Gasteiger partial charge in [-0.15, -0.1) is 0 Å². The zero-order chi connectivity index (χ0) is 22.4. The predicted octanol–water partition coefficient (Wildman–Crippen LogP) is 8.28. The van der Waals surface area contributed by atoms with Crippen molar-refractivity contribution >= 4 is 22.1 Å². The highest BCUT2D eigenvalue weighted by Crippen LogP contribution is 2.65. The maximum Gasteiger partial charge on any atom is 0.0575 e. The third-order valence-corrected chi connectivity index (χ3v) is 7.44. The highest BCUT2D eigenvalue weighted by atomic mass is 15.2. The molecule has 0 radical (unpaired) electrons. The van der Waals surface area contributed by atoms with Crippen LogP contribution in [0.5, 0.6) is 0 Å². The maximum absolute atomic E-state index is 2.51. The van der Waals surface area contributed by atoms with E-state index in [0.717, 1.165) is 6.42 Å². The highest BCUT2D eigenvalue weighted by molar-refractivity contribution is 6.00. The third kappa shape index (κ3) is 2.99. The minimum Gasteiger partial charge on any atom is -0.310 e. The van der Waals surface area contributed by atoms with Gasteiger partial charge in [0.25, 0.3) is 0 Å². The Kier molecular flexibility index (Phi) is 4.73.